The highest BCUT2D eigenvalue weighted by molar-refractivity contribution is 7.09. The van der Waals surface area contributed by atoms with Crippen LogP contribution in [0.15, 0.2) is 24.0 Å². The predicted molar refractivity (Wildman–Crippen MR) is 65.5 cm³/mol. The predicted octanol–water partition coefficient (Wildman–Crippen LogP) is 2.06. The molecule has 2 heterocycles. The molecule has 0 bridgehead atoms. The van der Waals surface area contributed by atoms with Crippen molar-refractivity contribution >= 4 is 11.3 Å². The summed E-state index contributed by atoms with van der Waals surface area (Å²) in [4.78, 5) is 5.37. The smallest absolute Gasteiger partial charge is 0.0857 e. The molecule has 0 aliphatic carbocycles. The Hall–Kier alpha value is -1.20. The van der Waals surface area contributed by atoms with E-state index in [1.54, 1.807) is 11.3 Å². The van der Waals surface area contributed by atoms with Crippen LogP contribution in [0.25, 0.3) is 0 Å². The highest BCUT2D eigenvalue weighted by Crippen LogP contribution is 2.24. The monoisotopic (exact) mass is 236 g/mol. The van der Waals surface area contributed by atoms with Crippen molar-refractivity contribution in [2.24, 2.45) is 0 Å². The van der Waals surface area contributed by atoms with E-state index >= 15 is 0 Å². The van der Waals surface area contributed by atoms with E-state index in [1.807, 2.05) is 22.6 Å². The summed E-state index contributed by atoms with van der Waals surface area (Å²) < 4.78 is 2.02. The SMILES string of the molecule is CCNC(c1cncs1)c1ccnn1CC. The lowest BCUT2D eigenvalue weighted by molar-refractivity contribution is 0.547. The van der Waals surface area contributed by atoms with E-state index in [1.165, 1.54) is 10.6 Å². The molecule has 0 aliphatic heterocycles. The summed E-state index contributed by atoms with van der Waals surface area (Å²) in [6.07, 6.45) is 3.77. The normalized spacial score (nSPS) is 12.9. The van der Waals surface area contributed by atoms with Crippen molar-refractivity contribution in [1.82, 2.24) is 20.1 Å². The molecule has 16 heavy (non-hydrogen) atoms. The summed E-state index contributed by atoms with van der Waals surface area (Å²) >= 11 is 1.67. The fourth-order valence-corrected chi connectivity index (χ4v) is 2.48. The van der Waals surface area contributed by atoms with Crippen molar-refractivity contribution in [2.45, 2.75) is 26.4 Å². The molecule has 0 saturated heterocycles. The van der Waals surface area contributed by atoms with E-state index in [0.717, 1.165) is 13.1 Å². The Kier molecular flexibility index (Phi) is 3.69. The van der Waals surface area contributed by atoms with E-state index in [-0.39, 0.29) is 6.04 Å². The molecule has 2 aromatic rings. The van der Waals surface area contributed by atoms with Crippen LogP contribution in [-0.2, 0) is 6.54 Å². The molecule has 4 nitrogen and oxygen atoms in total. The third-order valence-corrected chi connectivity index (χ3v) is 3.33. The molecule has 5 heteroatoms. The van der Waals surface area contributed by atoms with Crippen LogP contribution in [-0.4, -0.2) is 21.3 Å². The Morgan fingerprint density at radius 2 is 2.38 bits per heavy atom. The number of nitrogens with zero attached hydrogens (tertiary/aromatic N) is 3. The largest absolute Gasteiger partial charge is 0.305 e. The van der Waals surface area contributed by atoms with Crippen molar-refractivity contribution in [3.63, 3.8) is 0 Å². The third-order valence-electron chi connectivity index (χ3n) is 2.49. The first kappa shape index (κ1) is 11.3. The Balaban J connectivity index is 2.33. The molecule has 1 unspecified atom stereocenters. The summed E-state index contributed by atoms with van der Waals surface area (Å²) in [6.45, 7) is 6.04. The van der Waals surface area contributed by atoms with Crippen LogP contribution < -0.4 is 5.32 Å². The van der Waals surface area contributed by atoms with Gasteiger partial charge in [0.05, 0.1) is 17.2 Å². The highest BCUT2D eigenvalue weighted by atomic mass is 32.1. The Morgan fingerprint density at radius 1 is 1.50 bits per heavy atom. The summed E-state index contributed by atoms with van der Waals surface area (Å²) in [5, 5.41) is 7.78. The van der Waals surface area contributed by atoms with E-state index in [0.29, 0.717) is 0 Å². The summed E-state index contributed by atoms with van der Waals surface area (Å²) in [5.41, 5.74) is 3.07. The molecule has 86 valence electrons. The molecule has 0 aliphatic rings. The number of nitrogens with one attached hydrogen (secondary N) is 1. The minimum absolute atomic E-state index is 0.208. The van der Waals surface area contributed by atoms with Crippen LogP contribution in [0.5, 0.6) is 0 Å². The summed E-state index contributed by atoms with van der Waals surface area (Å²) in [5.74, 6) is 0. The number of thiazole rings is 1. The van der Waals surface area contributed by atoms with Gasteiger partial charge in [-0.05, 0) is 19.5 Å². The first-order valence-electron chi connectivity index (χ1n) is 5.50. The average molecular weight is 236 g/mol. The maximum atomic E-state index is 4.31. The Labute approximate surface area is 99.3 Å². The molecule has 0 amide bonds. The molecule has 0 aromatic carbocycles. The van der Waals surface area contributed by atoms with Gasteiger partial charge in [-0.1, -0.05) is 6.92 Å². The van der Waals surface area contributed by atoms with Gasteiger partial charge >= 0.3 is 0 Å². The van der Waals surface area contributed by atoms with Gasteiger partial charge in [-0.25, -0.2) is 0 Å². The summed E-state index contributed by atoms with van der Waals surface area (Å²) in [6, 6.07) is 2.27. The fourth-order valence-electron chi connectivity index (χ4n) is 1.78. The van der Waals surface area contributed by atoms with Crippen LogP contribution in [0.4, 0.5) is 0 Å². The van der Waals surface area contributed by atoms with Gasteiger partial charge in [0.15, 0.2) is 0 Å². The fraction of sp³-hybridized carbons (Fsp3) is 0.455. The quantitative estimate of drug-likeness (QED) is 0.864. The van der Waals surface area contributed by atoms with Crippen LogP contribution in [0.1, 0.15) is 30.5 Å². The topological polar surface area (TPSA) is 42.7 Å². The number of aromatic nitrogens is 3. The molecule has 0 spiro atoms. The van der Waals surface area contributed by atoms with E-state index in [9.17, 15) is 0 Å². The zero-order chi connectivity index (χ0) is 11.4. The maximum Gasteiger partial charge on any atom is 0.0857 e. The van der Waals surface area contributed by atoms with Gasteiger partial charge in [0.25, 0.3) is 0 Å². The van der Waals surface area contributed by atoms with Crippen molar-refractivity contribution in [1.29, 1.82) is 0 Å². The van der Waals surface area contributed by atoms with E-state index in [4.69, 9.17) is 0 Å². The van der Waals surface area contributed by atoms with Crippen LogP contribution in [0.3, 0.4) is 0 Å². The van der Waals surface area contributed by atoms with Gasteiger partial charge in [-0.3, -0.25) is 9.67 Å². The van der Waals surface area contributed by atoms with Gasteiger partial charge in [-0.2, -0.15) is 5.10 Å². The summed E-state index contributed by atoms with van der Waals surface area (Å²) in [7, 11) is 0. The number of rotatable bonds is 5. The second kappa shape index (κ2) is 5.23. The van der Waals surface area contributed by atoms with Crippen LogP contribution in [0.2, 0.25) is 0 Å². The van der Waals surface area contributed by atoms with Gasteiger partial charge in [0, 0.05) is 23.8 Å². The van der Waals surface area contributed by atoms with E-state index in [2.05, 4.69) is 35.3 Å². The molecule has 0 saturated carbocycles. The van der Waals surface area contributed by atoms with Crippen molar-refractivity contribution in [2.75, 3.05) is 6.54 Å². The van der Waals surface area contributed by atoms with Crippen LogP contribution in [0, 0.1) is 0 Å². The lowest BCUT2D eigenvalue weighted by atomic mass is 10.2. The number of hydrogen-bond donors (Lipinski definition) is 1. The first-order chi connectivity index (χ1) is 7.86. The molecular weight excluding hydrogens is 220 g/mol. The lowest BCUT2D eigenvalue weighted by Crippen LogP contribution is -2.24. The standard InChI is InChI=1S/C11H16N4S/c1-3-13-11(10-7-12-8-16-10)9-5-6-14-15(9)4-2/h5-8,11,13H,3-4H2,1-2H3. The van der Waals surface area contributed by atoms with Crippen molar-refractivity contribution in [3.8, 4) is 0 Å². The Bertz CT molecular complexity index is 421. The van der Waals surface area contributed by atoms with Crippen molar-refractivity contribution < 1.29 is 0 Å². The van der Waals surface area contributed by atoms with Gasteiger partial charge < -0.3 is 5.32 Å². The second-order valence-electron chi connectivity index (χ2n) is 3.47. The van der Waals surface area contributed by atoms with Crippen LogP contribution >= 0.6 is 11.3 Å². The van der Waals surface area contributed by atoms with Gasteiger partial charge in [-0.15, -0.1) is 11.3 Å². The number of aryl methyl sites for hydroxylation is 1. The van der Waals surface area contributed by atoms with E-state index < -0.39 is 0 Å². The minimum atomic E-state index is 0.208. The Morgan fingerprint density at radius 3 is 3.00 bits per heavy atom. The third kappa shape index (κ3) is 2.15. The van der Waals surface area contributed by atoms with Gasteiger partial charge in [0.1, 0.15) is 0 Å². The molecule has 2 rings (SSSR count). The maximum absolute atomic E-state index is 4.31. The zero-order valence-electron chi connectivity index (χ0n) is 9.55. The second-order valence-corrected chi connectivity index (χ2v) is 4.38. The lowest BCUT2D eigenvalue weighted by Gasteiger charge is -2.17. The number of hydrogen-bond acceptors (Lipinski definition) is 4. The highest BCUT2D eigenvalue weighted by Gasteiger charge is 2.17. The zero-order valence-corrected chi connectivity index (χ0v) is 10.4. The molecule has 1 atom stereocenters. The molecule has 1 N–H and O–H groups in total. The average Bonchev–Trinajstić information content (AvgIpc) is 2.96. The molecule has 0 radical (unpaired) electrons. The minimum Gasteiger partial charge on any atom is -0.305 e. The first-order valence-corrected chi connectivity index (χ1v) is 6.38. The van der Waals surface area contributed by atoms with Crippen molar-refractivity contribution in [3.05, 3.63) is 34.5 Å². The molecule has 0 fully saturated rings. The molecule has 2 aromatic heterocycles. The van der Waals surface area contributed by atoms with Gasteiger partial charge in [0.2, 0.25) is 0 Å². The molecular formula is C11H16N4S.